The van der Waals surface area contributed by atoms with Gasteiger partial charge in [-0.15, -0.1) is 0 Å². The third kappa shape index (κ3) is 6.90. The Morgan fingerprint density at radius 3 is 2.59 bits per heavy atom. The van der Waals surface area contributed by atoms with E-state index in [2.05, 4.69) is 19.1 Å². The van der Waals surface area contributed by atoms with Crippen LogP contribution in [0, 0.1) is 23.7 Å². The Bertz CT molecular complexity index is 711. The van der Waals surface area contributed by atoms with Gasteiger partial charge in [-0.25, -0.2) is 0 Å². The Morgan fingerprint density at radius 1 is 1.34 bits per heavy atom. The van der Waals surface area contributed by atoms with Gasteiger partial charge in [-0.2, -0.15) is 0 Å². The molecule has 8 atom stereocenters. The second-order valence-corrected chi connectivity index (χ2v) is 9.48. The van der Waals surface area contributed by atoms with Crippen molar-refractivity contribution in [1.29, 1.82) is 0 Å². The molecule has 0 saturated carbocycles. The van der Waals surface area contributed by atoms with E-state index in [1.807, 2.05) is 26.8 Å². The zero-order valence-electron chi connectivity index (χ0n) is 20.1. The van der Waals surface area contributed by atoms with E-state index in [1.165, 1.54) is 0 Å². The molecule has 0 fully saturated rings. The molecule has 0 aromatic heterocycles. The summed E-state index contributed by atoms with van der Waals surface area (Å²) in [6.07, 6.45) is 5.88. The first-order chi connectivity index (χ1) is 14.5. The molecule has 0 spiro atoms. The summed E-state index contributed by atoms with van der Waals surface area (Å²) in [7, 11) is 0. The predicted molar refractivity (Wildman–Crippen MR) is 115 cm³/mol. The molecule has 0 aromatic rings. The molecule has 0 aromatic carbocycles. The zero-order valence-corrected chi connectivity index (χ0v) is 22.1. The van der Waals surface area contributed by atoms with Crippen LogP contribution in [0.1, 0.15) is 66.2 Å². The number of aliphatic carboxylic acids is 1. The number of nitrogens with two attached hydrogens (primary N) is 1. The van der Waals surface area contributed by atoms with Gasteiger partial charge in [0.1, 0.15) is 6.10 Å². The van der Waals surface area contributed by atoms with Crippen LogP contribution in [0.25, 0.3) is 0 Å². The van der Waals surface area contributed by atoms with Crippen molar-refractivity contribution in [1.82, 2.24) is 0 Å². The summed E-state index contributed by atoms with van der Waals surface area (Å²) in [5, 5.41) is 31.1. The van der Waals surface area contributed by atoms with Gasteiger partial charge >= 0.3 is 35.5 Å². The van der Waals surface area contributed by atoms with Crippen LogP contribution in [0.15, 0.2) is 23.8 Å². The maximum atomic E-state index is 12.6. The van der Waals surface area contributed by atoms with Gasteiger partial charge in [-0.05, 0) is 55.4 Å². The number of allylic oxidation sites excluding steroid dienone is 2. The second kappa shape index (κ2) is 12.7. The summed E-state index contributed by atoms with van der Waals surface area (Å²) in [6.45, 7) is 7.74. The fourth-order valence-electron chi connectivity index (χ4n) is 4.82. The van der Waals surface area contributed by atoms with Crippen molar-refractivity contribution in [3.05, 3.63) is 23.8 Å². The average Bonchev–Trinajstić information content (AvgIpc) is 2.69. The number of aliphatic hydroxyl groups is 2. The molecule has 8 heteroatoms. The van der Waals surface area contributed by atoms with Crippen molar-refractivity contribution in [3.8, 4) is 0 Å². The Morgan fingerprint density at radius 2 is 2.00 bits per heavy atom. The van der Waals surface area contributed by atoms with Crippen LogP contribution in [0.2, 0.25) is 0 Å². The number of carbonyl (C=O) groups is 2. The zero-order chi connectivity index (χ0) is 23.3. The van der Waals surface area contributed by atoms with Crippen LogP contribution >= 0.6 is 0 Å². The molecule has 0 saturated heterocycles. The van der Waals surface area contributed by atoms with Crippen molar-refractivity contribution in [3.63, 3.8) is 0 Å². The van der Waals surface area contributed by atoms with E-state index in [0.29, 0.717) is 19.3 Å². The van der Waals surface area contributed by atoms with Gasteiger partial charge in [-0.3, -0.25) is 4.79 Å². The van der Waals surface area contributed by atoms with Gasteiger partial charge < -0.3 is 30.6 Å². The number of rotatable bonds is 10. The smallest absolute Gasteiger partial charge is 0.550 e. The van der Waals surface area contributed by atoms with E-state index in [1.54, 1.807) is 0 Å². The summed E-state index contributed by atoms with van der Waals surface area (Å²) in [5.74, 6) is -1.99. The number of fused-ring (bicyclic) bond motifs is 1. The van der Waals surface area contributed by atoms with Crippen molar-refractivity contribution in [2.75, 3.05) is 0 Å². The van der Waals surface area contributed by atoms with E-state index in [4.69, 9.17) is 10.5 Å². The number of esters is 1. The van der Waals surface area contributed by atoms with Gasteiger partial charge in [0.15, 0.2) is 0 Å². The van der Waals surface area contributed by atoms with Crippen molar-refractivity contribution in [2.24, 2.45) is 29.4 Å². The Hall–Kier alpha value is -0.700. The summed E-state index contributed by atoms with van der Waals surface area (Å²) in [4.78, 5) is 23.2. The maximum absolute atomic E-state index is 12.6. The van der Waals surface area contributed by atoms with Crippen molar-refractivity contribution < 1.29 is 59.2 Å². The van der Waals surface area contributed by atoms with Gasteiger partial charge in [0.25, 0.3) is 0 Å². The van der Waals surface area contributed by atoms with Crippen LogP contribution in [0.4, 0.5) is 0 Å². The minimum atomic E-state index is -1.35. The predicted octanol–water partition coefficient (Wildman–Crippen LogP) is -1.53. The molecule has 176 valence electrons. The van der Waals surface area contributed by atoms with Crippen LogP contribution in [-0.2, 0) is 14.3 Å². The summed E-state index contributed by atoms with van der Waals surface area (Å²) in [6, 6.07) is 0. The third-order valence-corrected chi connectivity index (χ3v) is 7.13. The number of hydrogen-bond acceptors (Lipinski definition) is 7. The molecule has 0 radical (unpaired) electrons. The maximum Gasteiger partial charge on any atom is 1.00 e. The largest absolute Gasteiger partial charge is 1.00 e. The molecule has 2 aliphatic carbocycles. The van der Waals surface area contributed by atoms with Crippen molar-refractivity contribution >= 4 is 11.9 Å². The van der Waals surface area contributed by atoms with Gasteiger partial charge in [-0.1, -0.05) is 45.9 Å². The number of aliphatic hydroxyl groups excluding tert-OH is 2. The van der Waals surface area contributed by atoms with Crippen LogP contribution < -0.4 is 40.4 Å². The molecule has 32 heavy (non-hydrogen) atoms. The average molecular weight is 460 g/mol. The van der Waals surface area contributed by atoms with Gasteiger partial charge in [0.05, 0.1) is 23.7 Å². The monoisotopic (exact) mass is 459 g/mol. The summed E-state index contributed by atoms with van der Waals surface area (Å²) < 4.78 is 5.93. The molecule has 2 rings (SSSR count). The van der Waals surface area contributed by atoms with Gasteiger partial charge in [0, 0.05) is 12.4 Å². The Balaban J connectivity index is 0.00000512. The molecule has 0 heterocycles. The van der Waals surface area contributed by atoms with E-state index >= 15 is 0 Å². The molecule has 7 nitrogen and oxygen atoms in total. The topological polar surface area (TPSA) is 133 Å². The number of carboxylic acid groups (broad SMARTS) is 1. The first-order valence-electron chi connectivity index (χ1n) is 11.4. The number of hydrogen-bond donors (Lipinski definition) is 3. The SMILES string of the molecule is CC[C@H](C)C(=O)O[C@H]1CCC=C2C=C[C@H](C)[C@H](C[C@H](C)C(O)C[C@@H](O)CC(=O)[O-])[C@]21N.[Na+]. The fourth-order valence-corrected chi connectivity index (χ4v) is 4.82. The molecule has 0 amide bonds. The number of carbonyl (C=O) groups excluding carboxylic acids is 2. The first kappa shape index (κ1) is 29.3. The van der Waals surface area contributed by atoms with E-state index in [9.17, 15) is 24.9 Å². The molecular formula is C24H38NNaO6. The van der Waals surface area contributed by atoms with E-state index in [-0.39, 0.29) is 65.6 Å². The Labute approximate surface area is 213 Å². The fraction of sp³-hybridized carbons (Fsp3) is 0.750. The number of ether oxygens (including phenoxy) is 1. The summed E-state index contributed by atoms with van der Waals surface area (Å²) >= 11 is 0. The molecule has 1 unspecified atom stereocenters. The normalized spacial score (nSPS) is 30.7. The standard InChI is InChI=1S/C24H39NO6.Na/c1-5-14(2)23(30)31-21-8-6-7-17-10-9-15(3)19(24(17,21)25)11-16(4)20(27)12-18(26)13-22(28)29;/h7,9-10,14-16,18-21,26-27H,5-6,8,11-13,25H2,1-4H3,(H,28,29);/q;+1/p-1/t14-,15-,16-,18+,19-,20?,21-,24+;/m0./s1. The molecule has 2 aliphatic rings. The van der Waals surface area contributed by atoms with Crippen molar-refractivity contribution in [2.45, 2.75) is 90.1 Å². The van der Waals surface area contributed by atoms with E-state index < -0.39 is 36.2 Å². The quantitative estimate of drug-likeness (QED) is 0.267. The number of carboxylic acids is 1. The van der Waals surface area contributed by atoms with Crippen LogP contribution in [-0.4, -0.2) is 46.0 Å². The van der Waals surface area contributed by atoms with Crippen LogP contribution in [0.5, 0.6) is 0 Å². The minimum absolute atomic E-state index is 0. The first-order valence-corrected chi connectivity index (χ1v) is 11.4. The molecule has 4 N–H and O–H groups in total. The van der Waals surface area contributed by atoms with Gasteiger partial charge in [0.2, 0.25) is 0 Å². The third-order valence-electron chi connectivity index (χ3n) is 7.13. The second-order valence-electron chi connectivity index (χ2n) is 9.48. The molecule has 0 bridgehead atoms. The Kier molecular flexibility index (Phi) is 11.6. The minimum Gasteiger partial charge on any atom is -0.550 e. The van der Waals surface area contributed by atoms with E-state index in [0.717, 1.165) is 12.0 Å². The molecular weight excluding hydrogens is 421 g/mol. The van der Waals surface area contributed by atoms with Crippen LogP contribution in [0.3, 0.4) is 0 Å². The summed E-state index contributed by atoms with van der Waals surface area (Å²) in [5.41, 5.74) is 7.14. The molecule has 0 aliphatic heterocycles.